The standard InChI is InChI=1S/C16H20N2O6/c1-2-11(10-17-12(19)6-7-13(17)20)4-3-5-16(23)24-18-14(21)8-9-15(18)22/h6-7,11H,2-5,8-10H2,1H3/t11-/m0/s1. The second kappa shape index (κ2) is 7.85. The van der Waals surface area contributed by atoms with E-state index in [0.29, 0.717) is 24.4 Å². The van der Waals surface area contributed by atoms with Gasteiger partial charge in [0.15, 0.2) is 0 Å². The maximum absolute atomic E-state index is 11.7. The Labute approximate surface area is 139 Å². The summed E-state index contributed by atoms with van der Waals surface area (Å²) in [5.74, 6) is -2.19. The molecular weight excluding hydrogens is 316 g/mol. The quantitative estimate of drug-likeness (QED) is 0.605. The number of carbonyl (C=O) groups excluding carboxylic acids is 5. The maximum Gasteiger partial charge on any atom is 0.333 e. The van der Waals surface area contributed by atoms with Crippen molar-refractivity contribution in [3.63, 3.8) is 0 Å². The summed E-state index contributed by atoms with van der Waals surface area (Å²) in [5, 5.41) is 0.535. The van der Waals surface area contributed by atoms with Crippen molar-refractivity contribution in [2.45, 2.75) is 45.4 Å². The summed E-state index contributed by atoms with van der Waals surface area (Å²) in [5.41, 5.74) is 0. The number of hydroxylamine groups is 2. The molecule has 2 heterocycles. The molecule has 0 aliphatic carbocycles. The van der Waals surface area contributed by atoms with Gasteiger partial charge >= 0.3 is 5.97 Å². The van der Waals surface area contributed by atoms with Gasteiger partial charge in [-0.05, 0) is 18.8 Å². The van der Waals surface area contributed by atoms with Crippen molar-refractivity contribution in [2.24, 2.45) is 5.92 Å². The van der Waals surface area contributed by atoms with E-state index in [0.717, 1.165) is 6.42 Å². The molecule has 0 radical (unpaired) electrons. The Morgan fingerprint density at radius 2 is 1.71 bits per heavy atom. The number of imide groups is 2. The molecule has 0 aromatic rings. The highest BCUT2D eigenvalue weighted by Gasteiger charge is 2.32. The fourth-order valence-corrected chi connectivity index (χ4v) is 2.63. The largest absolute Gasteiger partial charge is 0.333 e. The Morgan fingerprint density at radius 1 is 1.12 bits per heavy atom. The predicted octanol–water partition coefficient (Wildman–Crippen LogP) is 0.715. The van der Waals surface area contributed by atoms with E-state index in [4.69, 9.17) is 4.84 Å². The summed E-state index contributed by atoms with van der Waals surface area (Å²) in [7, 11) is 0. The van der Waals surface area contributed by atoms with Gasteiger partial charge < -0.3 is 4.84 Å². The fourth-order valence-electron chi connectivity index (χ4n) is 2.63. The molecule has 130 valence electrons. The number of hydrogen-bond acceptors (Lipinski definition) is 6. The summed E-state index contributed by atoms with van der Waals surface area (Å²) in [6, 6.07) is 0. The van der Waals surface area contributed by atoms with Crippen LogP contribution in [-0.4, -0.2) is 46.1 Å². The minimum absolute atomic E-state index is 0.0632. The monoisotopic (exact) mass is 336 g/mol. The number of amides is 4. The van der Waals surface area contributed by atoms with Crippen LogP contribution in [0.25, 0.3) is 0 Å². The Balaban J connectivity index is 1.72. The molecule has 2 aliphatic rings. The molecule has 0 spiro atoms. The van der Waals surface area contributed by atoms with E-state index in [2.05, 4.69) is 0 Å². The van der Waals surface area contributed by atoms with E-state index in [1.165, 1.54) is 17.1 Å². The van der Waals surface area contributed by atoms with Gasteiger partial charge in [0.1, 0.15) is 0 Å². The summed E-state index contributed by atoms with van der Waals surface area (Å²) in [6.45, 7) is 2.27. The second-order valence-electron chi connectivity index (χ2n) is 5.83. The van der Waals surface area contributed by atoms with E-state index < -0.39 is 17.8 Å². The Bertz CT molecular complexity index is 563. The lowest BCUT2D eigenvalue weighted by Gasteiger charge is -2.21. The van der Waals surface area contributed by atoms with Crippen LogP contribution in [0.5, 0.6) is 0 Å². The summed E-state index contributed by atoms with van der Waals surface area (Å²) in [4.78, 5) is 63.5. The third kappa shape index (κ3) is 4.27. The van der Waals surface area contributed by atoms with Crippen molar-refractivity contribution in [2.75, 3.05) is 6.54 Å². The van der Waals surface area contributed by atoms with Gasteiger partial charge in [0.25, 0.3) is 23.6 Å². The van der Waals surface area contributed by atoms with Crippen LogP contribution in [0.1, 0.15) is 45.4 Å². The van der Waals surface area contributed by atoms with Gasteiger partial charge in [-0.3, -0.25) is 24.1 Å². The average Bonchev–Trinajstić information content (AvgIpc) is 3.03. The highest BCUT2D eigenvalue weighted by molar-refractivity contribution is 6.12. The zero-order valence-corrected chi connectivity index (χ0v) is 13.5. The third-order valence-corrected chi connectivity index (χ3v) is 4.11. The summed E-state index contributed by atoms with van der Waals surface area (Å²) >= 11 is 0. The molecular formula is C16H20N2O6. The van der Waals surface area contributed by atoms with Gasteiger partial charge in [-0.15, -0.1) is 5.06 Å². The molecule has 0 aromatic heterocycles. The summed E-state index contributed by atoms with van der Waals surface area (Å²) in [6.07, 6.45) is 4.56. The lowest BCUT2D eigenvalue weighted by Crippen LogP contribution is -2.34. The van der Waals surface area contributed by atoms with Crippen LogP contribution < -0.4 is 0 Å². The van der Waals surface area contributed by atoms with Crippen molar-refractivity contribution in [1.82, 2.24) is 9.96 Å². The van der Waals surface area contributed by atoms with Crippen LogP contribution in [0, 0.1) is 5.92 Å². The second-order valence-corrected chi connectivity index (χ2v) is 5.83. The Morgan fingerprint density at radius 3 is 2.25 bits per heavy atom. The van der Waals surface area contributed by atoms with Gasteiger partial charge in [-0.1, -0.05) is 13.3 Å². The highest BCUT2D eigenvalue weighted by atomic mass is 16.7. The van der Waals surface area contributed by atoms with Gasteiger partial charge in [-0.25, -0.2) is 4.79 Å². The number of rotatable bonds is 8. The van der Waals surface area contributed by atoms with Crippen LogP contribution in [0.15, 0.2) is 12.2 Å². The Kier molecular flexibility index (Phi) is 5.83. The molecule has 2 aliphatic heterocycles. The summed E-state index contributed by atoms with van der Waals surface area (Å²) < 4.78 is 0. The molecule has 0 unspecified atom stereocenters. The molecule has 1 atom stereocenters. The predicted molar refractivity (Wildman–Crippen MR) is 80.7 cm³/mol. The minimum atomic E-state index is -0.636. The molecule has 4 amide bonds. The zero-order chi connectivity index (χ0) is 17.7. The van der Waals surface area contributed by atoms with E-state index in [1.807, 2.05) is 6.92 Å². The lowest BCUT2D eigenvalue weighted by atomic mass is 9.98. The number of nitrogens with zero attached hydrogens (tertiary/aromatic N) is 2. The van der Waals surface area contributed by atoms with Crippen LogP contribution in [-0.2, 0) is 28.8 Å². The first-order chi connectivity index (χ1) is 11.4. The highest BCUT2D eigenvalue weighted by Crippen LogP contribution is 2.18. The van der Waals surface area contributed by atoms with Crippen molar-refractivity contribution >= 4 is 29.6 Å². The van der Waals surface area contributed by atoms with Crippen LogP contribution >= 0.6 is 0 Å². The molecule has 24 heavy (non-hydrogen) atoms. The SMILES string of the molecule is CC[C@@H](CCCC(=O)ON1C(=O)CCC1=O)CN1C(=O)C=CC1=O. The smallest absolute Gasteiger partial charge is 0.330 e. The van der Waals surface area contributed by atoms with Gasteiger partial charge in [0.2, 0.25) is 0 Å². The minimum Gasteiger partial charge on any atom is -0.330 e. The number of hydrogen-bond donors (Lipinski definition) is 0. The van der Waals surface area contributed by atoms with Crippen molar-refractivity contribution in [1.29, 1.82) is 0 Å². The van der Waals surface area contributed by atoms with Crippen LogP contribution in [0.3, 0.4) is 0 Å². The van der Waals surface area contributed by atoms with E-state index in [1.54, 1.807) is 0 Å². The Hall–Kier alpha value is -2.51. The molecule has 0 N–H and O–H groups in total. The van der Waals surface area contributed by atoms with Gasteiger partial charge in [0, 0.05) is 38.0 Å². The molecule has 0 saturated carbocycles. The molecule has 0 bridgehead atoms. The molecule has 8 heteroatoms. The first-order valence-corrected chi connectivity index (χ1v) is 8.02. The van der Waals surface area contributed by atoms with Gasteiger partial charge in [0.05, 0.1) is 0 Å². The first kappa shape index (κ1) is 17.8. The topological polar surface area (TPSA) is 101 Å². The maximum atomic E-state index is 11.7. The van der Waals surface area contributed by atoms with Crippen LogP contribution in [0.2, 0.25) is 0 Å². The number of carbonyl (C=O) groups is 5. The normalized spacial score (nSPS) is 18.7. The van der Waals surface area contributed by atoms with Crippen molar-refractivity contribution in [3.05, 3.63) is 12.2 Å². The molecule has 8 nitrogen and oxygen atoms in total. The first-order valence-electron chi connectivity index (χ1n) is 8.02. The zero-order valence-electron chi connectivity index (χ0n) is 13.5. The van der Waals surface area contributed by atoms with Gasteiger partial charge in [-0.2, -0.15) is 0 Å². The molecule has 2 rings (SSSR count). The molecule has 1 fully saturated rings. The van der Waals surface area contributed by atoms with Crippen molar-refractivity contribution < 1.29 is 28.8 Å². The van der Waals surface area contributed by atoms with E-state index in [-0.39, 0.29) is 37.0 Å². The van der Waals surface area contributed by atoms with E-state index in [9.17, 15) is 24.0 Å². The fraction of sp³-hybridized carbons (Fsp3) is 0.562. The molecule has 0 aromatic carbocycles. The third-order valence-electron chi connectivity index (χ3n) is 4.11. The average molecular weight is 336 g/mol. The van der Waals surface area contributed by atoms with E-state index >= 15 is 0 Å². The molecule has 1 saturated heterocycles. The van der Waals surface area contributed by atoms with Crippen molar-refractivity contribution in [3.8, 4) is 0 Å². The lowest BCUT2D eigenvalue weighted by molar-refractivity contribution is -0.197. The van der Waals surface area contributed by atoms with Crippen LogP contribution in [0.4, 0.5) is 0 Å².